The van der Waals surface area contributed by atoms with Gasteiger partial charge in [0.25, 0.3) is 13.1 Å². The van der Waals surface area contributed by atoms with E-state index in [0.29, 0.717) is 0 Å². The van der Waals surface area contributed by atoms with E-state index in [1.807, 2.05) is 0 Å². The van der Waals surface area contributed by atoms with Crippen molar-refractivity contribution in [3.63, 3.8) is 0 Å². The van der Waals surface area contributed by atoms with Crippen LogP contribution < -0.4 is 17.7 Å². The van der Waals surface area contributed by atoms with Gasteiger partial charge >= 0.3 is 0 Å². The average Bonchev–Trinajstić information content (AvgIpc) is 3.00. The average molecular weight is 1020 g/mol. The molecule has 0 saturated carbocycles. The molecule has 0 heterocycles. The molecule has 4 aromatic carbocycles. The number of hydrogen-bond acceptors (Lipinski definition) is 0. The first-order valence-corrected chi connectivity index (χ1v) is 20.8. The molecule has 45 heavy (non-hydrogen) atoms. The summed E-state index contributed by atoms with van der Waals surface area (Å²) < 4.78 is -0.611. The van der Waals surface area contributed by atoms with Gasteiger partial charge in [-0.1, -0.05) is 232 Å². The fraction of sp³-hybridized carbons (Fsp3) is 0. The van der Waals surface area contributed by atoms with Crippen molar-refractivity contribution in [3.8, 4) is 0 Å². The summed E-state index contributed by atoms with van der Waals surface area (Å²) in [6.07, 6.45) is 0. The van der Waals surface area contributed by atoms with Gasteiger partial charge in [0.2, 0.25) is 0 Å². The van der Waals surface area contributed by atoms with Crippen molar-refractivity contribution >= 4 is 263 Å². The monoisotopic (exact) mass is 1010 g/mol. The van der Waals surface area contributed by atoms with E-state index in [0.717, 1.165) is 0 Å². The number of benzene rings is 4. The van der Waals surface area contributed by atoms with Gasteiger partial charge in [-0.05, 0) is 0 Å². The molecule has 0 saturated heterocycles. The van der Waals surface area contributed by atoms with Crippen molar-refractivity contribution in [1.29, 1.82) is 0 Å². The SMILES string of the molecule is Clc1c(Cl)c(Cl)[c]([Al-]([c]2c(Cl)c(Cl)c(Cl)c(Cl)c2Cl)([c]2c(Cl)c(Cl)c(Cl)c(Cl)c2Cl)[c]2c(Cl)c(Cl)c(Cl)c(Cl)c2Cl)c(Cl)c1Cl. The Bertz CT molecular complexity index is 1570. The maximum atomic E-state index is 7.00. The zero-order valence-electron chi connectivity index (χ0n) is 20.1. The fourth-order valence-corrected chi connectivity index (χ4v) is 20.1. The summed E-state index contributed by atoms with van der Waals surface area (Å²) in [5.74, 6) is 0. The predicted octanol–water partition coefficient (Wildman–Crippen LogP) is 16.1. The van der Waals surface area contributed by atoms with Crippen molar-refractivity contribution in [1.82, 2.24) is 0 Å². The maximum Gasteiger partial charge on any atom is 0.283 e. The van der Waals surface area contributed by atoms with Crippen molar-refractivity contribution < 1.29 is 0 Å². The van der Waals surface area contributed by atoms with Crippen LogP contribution in [0.3, 0.4) is 0 Å². The van der Waals surface area contributed by atoms with Gasteiger partial charge in [0.05, 0.1) is 60.3 Å². The van der Waals surface area contributed by atoms with Gasteiger partial charge in [-0.3, -0.25) is 0 Å². The molecule has 4 rings (SSSR count). The molecule has 0 unspecified atom stereocenters. The van der Waals surface area contributed by atoms with E-state index in [1.165, 1.54) is 0 Å². The largest absolute Gasteiger partial charge is 0.283 e. The number of halogens is 20. The summed E-state index contributed by atoms with van der Waals surface area (Å²) in [5.41, 5.74) is 0. The van der Waals surface area contributed by atoms with Crippen LogP contribution in [0.4, 0.5) is 0 Å². The van der Waals surface area contributed by atoms with Crippen molar-refractivity contribution in [2.75, 3.05) is 0 Å². The highest BCUT2D eigenvalue weighted by molar-refractivity contribution is 7.25. The van der Waals surface area contributed by atoms with Gasteiger partial charge in [0, 0.05) is 40.2 Å². The first-order valence-electron chi connectivity index (χ1n) is 10.9. The van der Waals surface area contributed by atoms with Gasteiger partial charge in [-0.25, -0.2) is 0 Å². The standard InChI is InChI=1S/4C6Cl5.Al/c4*7-2-1-3(8)5(10)6(11)4(2)9;/q;;;;-1. The van der Waals surface area contributed by atoms with Crippen molar-refractivity contribution in [2.45, 2.75) is 0 Å². The molecular weight excluding hydrogens is 1020 g/mol. The molecule has 240 valence electrons. The second kappa shape index (κ2) is 15.3. The Kier molecular flexibility index (Phi) is 13.9. The van der Waals surface area contributed by atoms with Crippen molar-refractivity contribution in [3.05, 3.63) is 100 Å². The molecule has 0 atom stereocenters. The fourth-order valence-electron chi connectivity index (χ4n) is 4.87. The van der Waals surface area contributed by atoms with Crippen LogP contribution in [0, 0.1) is 0 Å². The summed E-state index contributed by atoms with van der Waals surface area (Å²) in [4.78, 5) is 0. The van der Waals surface area contributed by atoms with Crippen LogP contribution in [0.2, 0.25) is 100 Å². The Morgan fingerprint density at radius 2 is 0.244 bits per heavy atom. The molecule has 0 fully saturated rings. The lowest BCUT2D eigenvalue weighted by Gasteiger charge is -2.46. The third-order valence-electron chi connectivity index (χ3n) is 6.71. The first-order chi connectivity index (χ1) is 20.7. The van der Waals surface area contributed by atoms with E-state index in [9.17, 15) is 0 Å². The van der Waals surface area contributed by atoms with E-state index in [4.69, 9.17) is 232 Å². The van der Waals surface area contributed by atoms with Crippen LogP contribution >= 0.6 is 232 Å². The Hall–Kier alpha value is 3.21. The third-order valence-corrected chi connectivity index (χ3v) is 23.2. The third kappa shape index (κ3) is 6.36. The quantitative estimate of drug-likeness (QED) is 0.109. The van der Waals surface area contributed by atoms with Gasteiger partial charge in [-0.2, -0.15) is 17.7 Å². The van der Waals surface area contributed by atoms with E-state index in [-0.39, 0.29) is 118 Å². The minimum absolute atomic E-state index is 0.153. The van der Waals surface area contributed by atoms with Crippen LogP contribution in [0.1, 0.15) is 0 Å². The molecule has 0 N–H and O–H groups in total. The molecule has 0 radical (unpaired) electrons. The summed E-state index contributed by atoms with van der Waals surface area (Å²) in [7, 11) is 0. The Morgan fingerprint density at radius 3 is 0.356 bits per heavy atom. The van der Waals surface area contributed by atoms with Crippen molar-refractivity contribution in [2.24, 2.45) is 0 Å². The van der Waals surface area contributed by atoms with E-state index in [2.05, 4.69) is 0 Å². The lowest BCUT2D eigenvalue weighted by Crippen LogP contribution is -2.77. The smallest absolute Gasteiger partial charge is 0.178 e. The van der Waals surface area contributed by atoms with Crippen LogP contribution in [-0.4, -0.2) is 13.1 Å². The molecule has 21 heteroatoms. The Balaban J connectivity index is 2.69. The molecular formula is C24AlCl20-. The minimum atomic E-state index is -5.46. The second-order valence-electron chi connectivity index (χ2n) is 8.80. The molecule has 0 aliphatic rings. The van der Waals surface area contributed by atoms with E-state index >= 15 is 0 Å². The van der Waals surface area contributed by atoms with Gasteiger partial charge < -0.3 is 0 Å². The first kappa shape index (κ1) is 41.0. The van der Waals surface area contributed by atoms with Gasteiger partial charge in [-0.15, -0.1) is 0 Å². The van der Waals surface area contributed by atoms with E-state index < -0.39 is 13.1 Å². The summed E-state index contributed by atoms with van der Waals surface area (Å²) in [6, 6.07) is 0. The lowest BCUT2D eigenvalue weighted by atomic mass is 10.3. The van der Waals surface area contributed by atoms with Gasteiger partial charge in [0.15, 0.2) is 0 Å². The molecule has 0 aliphatic carbocycles. The highest BCUT2D eigenvalue weighted by atomic mass is 35.5. The molecule has 0 aliphatic heterocycles. The van der Waals surface area contributed by atoms with Gasteiger partial charge in [0.1, 0.15) is 0 Å². The summed E-state index contributed by atoms with van der Waals surface area (Å²) in [6.45, 7) is 0. The Labute approximate surface area is 358 Å². The summed E-state index contributed by atoms with van der Waals surface area (Å²) >= 11 is 129. The predicted molar refractivity (Wildman–Crippen MR) is 210 cm³/mol. The Morgan fingerprint density at radius 1 is 0.156 bits per heavy atom. The van der Waals surface area contributed by atoms with Crippen LogP contribution in [-0.2, 0) is 0 Å². The molecule has 0 amide bonds. The highest BCUT2D eigenvalue weighted by Gasteiger charge is 2.50. The zero-order valence-corrected chi connectivity index (χ0v) is 36.4. The zero-order chi connectivity index (χ0) is 34.4. The molecule has 0 spiro atoms. The number of hydrogen-bond donors (Lipinski definition) is 0. The van der Waals surface area contributed by atoms with Crippen LogP contribution in [0.25, 0.3) is 0 Å². The highest BCUT2D eigenvalue weighted by Crippen LogP contribution is 2.49. The number of rotatable bonds is 4. The minimum Gasteiger partial charge on any atom is -0.178 e. The van der Waals surface area contributed by atoms with Crippen LogP contribution in [0.15, 0.2) is 0 Å². The summed E-state index contributed by atoms with van der Waals surface area (Å²) in [5, 5.41) is -5.81. The molecule has 0 aromatic heterocycles. The normalized spacial score (nSPS) is 12.0. The maximum absolute atomic E-state index is 7.00. The second-order valence-corrected chi connectivity index (χ2v) is 20.4. The molecule has 0 bridgehead atoms. The molecule has 0 nitrogen and oxygen atoms in total. The topological polar surface area (TPSA) is 0 Å². The van der Waals surface area contributed by atoms with Crippen LogP contribution in [0.5, 0.6) is 0 Å². The molecule has 4 aromatic rings. The van der Waals surface area contributed by atoms with E-state index in [1.54, 1.807) is 0 Å². The lowest BCUT2D eigenvalue weighted by molar-refractivity contribution is 1.64.